The van der Waals surface area contributed by atoms with Crippen molar-refractivity contribution in [2.75, 3.05) is 5.75 Å². The molecule has 3 atom stereocenters. The predicted octanol–water partition coefficient (Wildman–Crippen LogP) is 1.88. The third-order valence-electron chi connectivity index (χ3n) is 5.09. The van der Waals surface area contributed by atoms with E-state index in [0.717, 1.165) is 6.42 Å². The van der Waals surface area contributed by atoms with E-state index >= 15 is 0 Å². The maximum atomic E-state index is 12.3. The molecular formula is C11H13Cl2NO4S. The number of alkyl halides is 2. The van der Waals surface area contributed by atoms with Crippen molar-refractivity contribution in [1.82, 2.24) is 0 Å². The van der Waals surface area contributed by atoms with Gasteiger partial charge in [0.05, 0.1) is 11.2 Å². The van der Waals surface area contributed by atoms with Gasteiger partial charge in [0, 0.05) is 11.8 Å². The number of hydrogen-bond acceptors (Lipinski definition) is 5. The molecule has 19 heavy (non-hydrogen) atoms. The van der Waals surface area contributed by atoms with E-state index in [2.05, 4.69) is 9.99 Å². The van der Waals surface area contributed by atoms with E-state index in [0.29, 0.717) is 12.8 Å². The molecule has 0 saturated heterocycles. The summed E-state index contributed by atoms with van der Waals surface area (Å²) >= 11 is 12.2. The average molecular weight is 326 g/mol. The molecule has 8 heteroatoms. The van der Waals surface area contributed by atoms with E-state index < -0.39 is 25.5 Å². The van der Waals surface area contributed by atoms with Crippen molar-refractivity contribution in [3.05, 3.63) is 0 Å². The second-order valence-corrected chi connectivity index (χ2v) is 8.70. The summed E-state index contributed by atoms with van der Waals surface area (Å²) in [6, 6.07) is 0. The highest BCUT2D eigenvalue weighted by molar-refractivity contribution is 8.06. The molecule has 2 fully saturated rings. The monoisotopic (exact) mass is 325 g/mol. The summed E-state index contributed by atoms with van der Waals surface area (Å²) in [5.74, 6) is -0.305. The highest BCUT2D eigenvalue weighted by Gasteiger charge is 2.70. The van der Waals surface area contributed by atoms with Crippen LogP contribution in [0.2, 0.25) is 0 Å². The number of sulfone groups is 1. The Hall–Kier alpha value is -0.330. The molecule has 0 spiro atoms. The summed E-state index contributed by atoms with van der Waals surface area (Å²) < 4.78 is 24.2. The Morgan fingerprint density at radius 2 is 2.16 bits per heavy atom. The van der Waals surface area contributed by atoms with Crippen molar-refractivity contribution in [3.8, 4) is 0 Å². The topological polar surface area (TPSA) is 76.1 Å². The van der Waals surface area contributed by atoms with Gasteiger partial charge in [-0.15, -0.1) is 23.2 Å². The highest BCUT2D eigenvalue weighted by Crippen LogP contribution is 2.67. The van der Waals surface area contributed by atoms with Crippen LogP contribution in [-0.2, 0) is 19.5 Å². The van der Waals surface area contributed by atoms with Crippen LogP contribution in [0.25, 0.3) is 0 Å². The van der Waals surface area contributed by atoms with Gasteiger partial charge < -0.3 is 4.84 Å². The fourth-order valence-corrected chi connectivity index (χ4v) is 6.19. The molecule has 2 saturated carbocycles. The Bertz CT molecular complexity index is 588. The lowest BCUT2D eigenvalue weighted by Crippen LogP contribution is -2.47. The smallest absolute Gasteiger partial charge is 0.316 e. The van der Waals surface area contributed by atoms with Gasteiger partial charge in [-0.3, -0.25) is 4.79 Å². The Labute approximate surface area is 121 Å². The van der Waals surface area contributed by atoms with Crippen molar-refractivity contribution < 1.29 is 18.0 Å². The Morgan fingerprint density at radius 1 is 1.53 bits per heavy atom. The van der Waals surface area contributed by atoms with Crippen LogP contribution < -0.4 is 0 Å². The minimum Gasteiger partial charge on any atom is -0.316 e. The summed E-state index contributed by atoms with van der Waals surface area (Å²) in [5.41, 5.74) is -1.70. The van der Waals surface area contributed by atoms with E-state index in [4.69, 9.17) is 23.2 Å². The van der Waals surface area contributed by atoms with E-state index in [1.807, 2.05) is 6.92 Å². The Morgan fingerprint density at radius 3 is 2.63 bits per heavy atom. The number of oxime groups is 1. The van der Waals surface area contributed by atoms with Crippen molar-refractivity contribution >= 4 is 44.1 Å². The van der Waals surface area contributed by atoms with Gasteiger partial charge in [-0.1, -0.05) is 6.92 Å². The molecule has 5 nitrogen and oxygen atoms in total. The second kappa shape index (κ2) is 3.86. The maximum absolute atomic E-state index is 12.3. The van der Waals surface area contributed by atoms with E-state index in [-0.39, 0.29) is 22.7 Å². The van der Waals surface area contributed by atoms with Gasteiger partial charge in [-0.2, -0.15) is 0 Å². The molecule has 3 rings (SSSR count). The van der Waals surface area contributed by atoms with E-state index in [1.54, 1.807) is 0 Å². The van der Waals surface area contributed by atoms with Crippen LogP contribution in [0.5, 0.6) is 0 Å². The van der Waals surface area contributed by atoms with Crippen LogP contribution in [0.3, 0.4) is 0 Å². The molecule has 0 aromatic rings. The van der Waals surface area contributed by atoms with Gasteiger partial charge in [0.2, 0.25) is 9.84 Å². The molecular weight excluding hydrogens is 313 g/mol. The molecule has 3 aliphatic rings. The summed E-state index contributed by atoms with van der Waals surface area (Å²) in [5, 5.41) is 2.98. The molecule has 1 heterocycles. The molecule has 106 valence electrons. The molecule has 1 unspecified atom stereocenters. The van der Waals surface area contributed by atoms with Crippen molar-refractivity contribution in [1.29, 1.82) is 0 Å². The fraction of sp³-hybridized carbons (Fsp3) is 0.818. The van der Waals surface area contributed by atoms with Gasteiger partial charge in [0.15, 0.2) is 0 Å². The zero-order valence-corrected chi connectivity index (χ0v) is 12.6. The number of carbonyl (C=O) groups excluding carboxylic acids is 1. The minimum atomic E-state index is -3.66. The summed E-state index contributed by atoms with van der Waals surface area (Å²) in [6.45, 7) is 1.82. The second-order valence-electron chi connectivity index (χ2n) is 5.74. The molecule has 0 radical (unpaired) electrons. The largest absolute Gasteiger partial charge is 0.374 e. The molecule has 0 N–H and O–H groups in total. The number of hydrogen-bond donors (Lipinski definition) is 0. The number of halogens is 2. The first kappa shape index (κ1) is 13.6. The summed E-state index contributed by atoms with van der Waals surface area (Å²) in [7, 11) is -3.66. The first-order valence-corrected chi connectivity index (χ1v) is 8.56. The van der Waals surface area contributed by atoms with Crippen LogP contribution in [-0.4, -0.2) is 30.0 Å². The predicted molar refractivity (Wildman–Crippen MR) is 70.7 cm³/mol. The maximum Gasteiger partial charge on any atom is 0.374 e. The van der Waals surface area contributed by atoms with Gasteiger partial charge in [0.1, 0.15) is 10.6 Å². The number of nitrogens with zero attached hydrogens (tertiary/aromatic N) is 1. The quantitative estimate of drug-likeness (QED) is 0.742. The normalized spacial score (nSPS) is 40.5. The van der Waals surface area contributed by atoms with Gasteiger partial charge >= 0.3 is 5.23 Å². The van der Waals surface area contributed by atoms with Gasteiger partial charge in [-0.25, -0.2) is 8.42 Å². The van der Waals surface area contributed by atoms with Crippen LogP contribution >= 0.6 is 23.2 Å². The van der Waals surface area contributed by atoms with Gasteiger partial charge in [0.25, 0.3) is 0 Å². The molecule has 0 amide bonds. The average Bonchev–Trinajstić information content (AvgIpc) is 3.09. The number of rotatable bonds is 3. The molecule has 0 aromatic carbocycles. The Kier molecular flexibility index (Phi) is 2.77. The van der Waals surface area contributed by atoms with Gasteiger partial charge in [-0.05, 0) is 23.9 Å². The van der Waals surface area contributed by atoms with E-state index in [1.165, 1.54) is 0 Å². The van der Waals surface area contributed by atoms with E-state index in [9.17, 15) is 13.2 Å². The standard InChI is InChI=1S/C11H13Cl2NO4S/c1-10(8(12)13)6-2-3-11(10,7(15)4-6)5-19(16,17)9-14-18-9/h6,8H,2-5H2,1H3/t6-,10?,11-/m0/s1. The number of carbonyl (C=O) groups is 1. The van der Waals surface area contributed by atoms with Crippen molar-refractivity contribution in [2.24, 2.45) is 21.9 Å². The zero-order valence-electron chi connectivity index (χ0n) is 10.2. The number of ketones is 1. The first-order valence-electron chi connectivity index (χ1n) is 6.03. The molecule has 2 aliphatic carbocycles. The lowest BCUT2D eigenvalue weighted by molar-refractivity contribution is -0.128. The van der Waals surface area contributed by atoms with Crippen LogP contribution in [0.15, 0.2) is 5.16 Å². The van der Waals surface area contributed by atoms with Crippen LogP contribution in [0.4, 0.5) is 0 Å². The third-order valence-corrected chi connectivity index (χ3v) is 7.55. The molecule has 2 bridgehead atoms. The number of fused-ring (bicyclic) bond motifs is 2. The zero-order chi connectivity index (χ0) is 14.1. The summed E-state index contributed by atoms with van der Waals surface area (Å²) in [6.07, 6.45) is 1.64. The lowest BCUT2D eigenvalue weighted by atomic mass is 9.70. The van der Waals surface area contributed by atoms with Crippen LogP contribution in [0, 0.1) is 16.7 Å². The van der Waals surface area contributed by atoms with Crippen molar-refractivity contribution in [2.45, 2.75) is 31.0 Å². The van der Waals surface area contributed by atoms with Crippen molar-refractivity contribution in [3.63, 3.8) is 0 Å². The summed E-state index contributed by atoms with van der Waals surface area (Å²) in [4.78, 5) is 16.0. The fourth-order valence-electron chi connectivity index (χ4n) is 3.77. The SMILES string of the molecule is CC1(C(Cl)Cl)[C@H]2CC[C@]1(CS(=O)(=O)C1=NO1)C(=O)C2. The Balaban J connectivity index is 2.04. The minimum absolute atomic E-state index is 0.0530. The lowest BCUT2D eigenvalue weighted by Gasteiger charge is -2.39. The number of Topliss-reactive ketones (excluding diaryl/α,β-unsaturated/α-hetero) is 1. The molecule has 0 aromatic heterocycles. The highest BCUT2D eigenvalue weighted by atomic mass is 35.5. The molecule has 1 aliphatic heterocycles. The van der Waals surface area contributed by atoms with Crippen LogP contribution in [0.1, 0.15) is 26.2 Å². The first-order chi connectivity index (χ1) is 8.74. The third kappa shape index (κ3) is 1.63.